The molecule has 2 aromatic rings. The molecule has 0 heterocycles. The Morgan fingerprint density at radius 2 is 1.71 bits per heavy atom. The lowest BCUT2D eigenvalue weighted by molar-refractivity contribution is -0.121. The van der Waals surface area contributed by atoms with E-state index in [1.54, 1.807) is 31.4 Å². The number of hydrogen-bond acceptors (Lipinski definition) is 4. The van der Waals surface area contributed by atoms with Crippen molar-refractivity contribution in [2.75, 3.05) is 13.7 Å². The summed E-state index contributed by atoms with van der Waals surface area (Å²) < 4.78 is 10.9. The van der Waals surface area contributed by atoms with Gasteiger partial charge in [-0.05, 0) is 36.8 Å². The van der Waals surface area contributed by atoms with E-state index in [9.17, 15) is 9.59 Å². The molecule has 2 aromatic carbocycles. The average Bonchev–Trinajstić information content (AvgIpc) is 2.74. The lowest BCUT2D eigenvalue weighted by Crippen LogP contribution is -2.23. The summed E-state index contributed by atoms with van der Waals surface area (Å²) >= 11 is 0. The van der Waals surface area contributed by atoms with Gasteiger partial charge in [0, 0.05) is 30.5 Å². The number of rotatable bonds is 12. The zero-order valence-electron chi connectivity index (χ0n) is 16.7. The average molecular weight is 383 g/mol. The van der Waals surface area contributed by atoms with Gasteiger partial charge in [-0.25, -0.2) is 0 Å². The Labute approximate surface area is 167 Å². The zero-order valence-corrected chi connectivity index (χ0v) is 16.7. The molecule has 0 bridgehead atoms. The van der Waals surface area contributed by atoms with Gasteiger partial charge in [-0.3, -0.25) is 9.59 Å². The van der Waals surface area contributed by atoms with E-state index >= 15 is 0 Å². The number of Topliss-reactive ketones (excluding diaryl/α,β-unsaturated/α-hetero) is 1. The quantitative estimate of drug-likeness (QED) is 0.432. The highest BCUT2D eigenvalue weighted by Crippen LogP contribution is 2.17. The highest BCUT2D eigenvalue weighted by Gasteiger charge is 2.10. The molecule has 0 aliphatic carbocycles. The van der Waals surface area contributed by atoms with Gasteiger partial charge in [0.15, 0.2) is 5.78 Å². The van der Waals surface area contributed by atoms with Crippen molar-refractivity contribution in [2.45, 2.75) is 45.6 Å². The highest BCUT2D eigenvalue weighted by atomic mass is 16.5. The Bertz CT molecular complexity index is 755. The minimum atomic E-state index is -0.157. The van der Waals surface area contributed by atoms with Crippen LogP contribution in [0.2, 0.25) is 0 Å². The molecule has 0 spiro atoms. The van der Waals surface area contributed by atoms with Gasteiger partial charge in [0.2, 0.25) is 5.91 Å². The number of carbonyl (C=O) groups excluding carboxylic acids is 2. The summed E-state index contributed by atoms with van der Waals surface area (Å²) in [6.07, 6.45) is 3.66. The number of carbonyl (C=O) groups is 2. The second kappa shape index (κ2) is 11.8. The van der Waals surface area contributed by atoms with Crippen molar-refractivity contribution in [1.29, 1.82) is 0 Å². The topological polar surface area (TPSA) is 64.6 Å². The van der Waals surface area contributed by atoms with Crippen LogP contribution in [0.1, 0.15) is 54.9 Å². The fourth-order valence-electron chi connectivity index (χ4n) is 2.78. The molecule has 0 fully saturated rings. The molecule has 0 unspecified atom stereocenters. The molecule has 1 amide bonds. The van der Waals surface area contributed by atoms with Gasteiger partial charge in [0.1, 0.15) is 11.5 Å². The summed E-state index contributed by atoms with van der Waals surface area (Å²) in [4.78, 5) is 24.3. The summed E-state index contributed by atoms with van der Waals surface area (Å²) in [6.45, 7) is 3.22. The molecule has 28 heavy (non-hydrogen) atoms. The minimum Gasteiger partial charge on any atom is -0.496 e. The van der Waals surface area contributed by atoms with Crippen LogP contribution < -0.4 is 14.8 Å². The van der Waals surface area contributed by atoms with Crippen LogP contribution in [-0.4, -0.2) is 25.4 Å². The molecule has 0 aliphatic rings. The molecule has 2 rings (SSSR count). The normalized spacial score (nSPS) is 10.4. The van der Waals surface area contributed by atoms with Gasteiger partial charge >= 0.3 is 0 Å². The Morgan fingerprint density at radius 3 is 2.43 bits per heavy atom. The monoisotopic (exact) mass is 383 g/mol. The van der Waals surface area contributed by atoms with E-state index in [1.807, 2.05) is 24.3 Å². The number of amides is 1. The van der Waals surface area contributed by atoms with Crippen molar-refractivity contribution in [3.05, 3.63) is 59.7 Å². The standard InChI is InChI=1S/C23H29NO4/c1-3-4-7-16-28-20-12-10-18(11-13-20)21(25)14-15-23(26)24-17-19-8-5-6-9-22(19)27-2/h5-6,8-13H,3-4,7,14-17H2,1-2H3,(H,24,26). The van der Waals surface area contributed by atoms with Crippen molar-refractivity contribution in [3.8, 4) is 11.5 Å². The van der Waals surface area contributed by atoms with E-state index in [1.165, 1.54) is 0 Å². The summed E-state index contributed by atoms with van der Waals surface area (Å²) in [6, 6.07) is 14.6. The van der Waals surface area contributed by atoms with Gasteiger partial charge in [0.25, 0.3) is 0 Å². The number of para-hydroxylation sites is 1. The SMILES string of the molecule is CCCCCOc1ccc(C(=O)CCC(=O)NCc2ccccc2OC)cc1. The van der Waals surface area contributed by atoms with Crippen LogP contribution >= 0.6 is 0 Å². The first kappa shape index (κ1) is 21.5. The molecule has 0 atom stereocenters. The van der Waals surface area contributed by atoms with E-state index < -0.39 is 0 Å². The molecular weight excluding hydrogens is 354 g/mol. The lowest BCUT2D eigenvalue weighted by atomic mass is 10.1. The van der Waals surface area contributed by atoms with Crippen molar-refractivity contribution in [1.82, 2.24) is 5.32 Å². The van der Waals surface area contributed by atoms with Crippen LogP contribution in [0.15, 0.2) is 48.5 Å². The number of hydrogen-bond donors (Lipinski definition) is 1. The third-order valence-electron chi connectivity index (χ3n) is 4.44. The second-order valence-corrected chi connectivity index (χ2v) is 6.59. The number of benzene rings is 2. The third kappa shape index (κ3) is 7.06. The number of nitrogens with one attached hydrogen (secondary N) is 1. The second-order valence-electron chi connectivity index (χ2n) is 6.59. The molecule has 0 aliphatic heterocycles. The van der Waals surface area contributed by atoms with Gasteiger partial charge in [-0.2, -0.15) is 0 Å². The van der Waals surface area contributed by atoms with Crippen LogP contribution in [0.4, 0.5) is 0 Å². The first-order valence-electron chi connectivity index (χ1n) is 9.78. The maximum absolute atomic E-state index is 12.3. The molecule has 150 valence electrons. The fraction of sp³-hybridized carbons (Fsp3) is 0.391. The molecule has 0 radical (unpaired) electrons. The number of methoxy groups -OCH3 is 1. The lowest BCUT2D eigenvalue weighted by Gasteiger charge is -2.09. The first-order valence-corrected chi connectivity index (χ1v) is 9.78. The number of ether oxygens (including phenoxy) is 2. The van der Waals surface area contributed by atoms with Crippen LogP contribution in [0.25, 0.3) is 0 Å². The van der Waals surface area contributed by atoms with E-state index in [2.05, 4.69) is 12.2 Å². The predicted octanol–water partition coefficient (Wildman–Crippen LogP) is 4.54. The Morgan fingerprint density at radius 1 is 0.964 bits per heavy atom. The minimum absolute atomic E-state index is 0.0509. The molecule has 0 saturated carbocycles. The van der Waals surface area contributed by atoms with Gasteiger partial charge in [-0.1, -0.05) is 38.0 Å². The van der Waals surface area contributed by atoms with E-state index in [0.29, 0.717) is 18.7 Å². The Hall–Kier alpha value is -2.82. The summed E-state index contributed by atoms with van der Waals surface area (Å²) in [5.74, 6) is 1.29. The van der Waals surface area contributed by atoms with E-state index in [-0.39, 0.29) is 24.5 Å². The molecule has 0 aromatic heterocycles. The molecular formula is C23H29NO4. The van der Waals surface area contributed by atoms with Crippen molar-refractivity contribution >= 4 is 11.7 Å². The molecule has 0 saturated heterocycles. The molecule has 1 N–H and O–H groups in total. The van der Waals surface area contributed by atoms with Crippen molar-refractivity contribution in [3.63, 3.8) is 0 Å². The predicted molar refractivity (Wildman–Crippen MR) is 110 cm³/mol. The maximum Gasteiger partial charge on any atom is 0.220 e. The van der Waals surface area contributed by atoms with Crippen molar-refractivity contribution < 1.29 is 19.1 Å². The molecule has 5 heteroatoms. The fourth-order valence-corrected chi connectivity index (χ4v) is 2.78. The van der Waals surface area contributed by atoms with Gasteiger partial charge < -0.3 is 14.8 Å². The van der Waals surface area contributed by atoms with Gasteiger partial charge in [-0.15, -0.1) is 0 Å². The van der Waals surface area contributed by atoms with Crippen LogP contribution in [0.3, 0.4) is 0 Å². The Kier molecular flexibility index (Phi) is 9.05. The van der Waals surface area contributed by atoms with Crippen LogP contribution in [0.5, 0.6) is 11.5 Å². The van der Waals surface area contributed by atoms with E-state index in [4.69, 9.17) is 9.47 Å². The van der Waals surface area contributed by atoms with E-state index in [0.717, 1.165) is 36.3 Å². The Balaban J connectivity index is 1.74. The number of unbranched alkanes of at least 4 members (excludes halogenated alkanes) is 2. The maximum atomic E-state index is 12.3. The van der Waals surface area contributed by atoms with Crippen molar-refractivity contribution in [2.24, 2.45) is 0 Å². The number of ketones is 1. The zero-order chi connectivity index (χ0) is 20.2. The summed E-state index contributed by atoms with van der Waals surface area (Å²) in [5, 5.41) is 2.83. The summed E-state index contributed by atoms with van der Waals surface area (Å²) in [7, 11) is 1.60. The van der Waals surface area contributed by atoms with Gasteiger partial charge in [0.05, 0.1) is 13.7 Å². The molecule has 5 nitrogen and oxygen atoms in total. The smallest absolute Gasteiger partial charge is 0.220 e. The first-order chi connectivity index (χ1) is 13.6. The summed E-state index contributed by atoms with van der Waals surface area (Å²) in [5.41, 5.74) is 1.50. The van der Waals surface area contributed by atoms with Crippen LogP contribution in [0, 0.1) is 0 Å². The highest BCUT2D eigenvalue weighted by molar-refractivity contribution is 5.98. The largest absolute Gasteiger partial charge is 0.496 e. The third-order valence-corrected chi connectivity index (χ3v) is 4.44. The van der Waals surface area contributed by atoms with Crippen LogP contribution in [-0.2, 0) is 11.3 Å².